The van der Waals surface area contributed by atoms with Crippen molar-refractivity contribution < 1.29 is 17.9 Å². The van der Waals surface area contributed by atoms with E-state index in [1.165, 1.54) is 0 Å². The highest BCUT2D eigenvalue weighted by Gasteiger charge is 2.35. The van der Waals surface area contributed by atoms with Crippen molar-refractivity contribution >= 4 is 55.9 Å². The minimum Gasteiger partial charge on any atom is -0.410 e. The summed E-state index contributed by atoms with van der Waals surface area (Å²) in [4.78, 5) is 18.4. The molecule has 0 bridgehead atoms. The number of aromatic nitrogens is 1. The minimum atomic E-state index is -3.41. The van der Waals surface area contributed by atoms with Crippen LogP contribution in [0.1, 0.15) is 22.9 Å². The third-order valence-electron chi connectivity index (χ3n) is 5.87. The summed E-state index contributed by atoms with van der Waals surface area (Å²) in [5.41, 5.74) is 4.11. The number of ether oxygens (including phenoxy) is 1. The Labute approximate surface area is 212 Å². The van der Waals surface area contributed by atoms with E-state index in [-0.39, 0.29) is 0 Å². The fraction of sp³-hybridized carbons (Fsp3) is 0.160. The molecule has 3 aromatic carbocycles. The molecule has 1 aliphatic rings. The summed E-state index contributed by atoms with van der Waals surface area (Å²) in [6.45, 7) is 0.424. The highest BCUT2D eigenvalue weighted by Crippen LogP contribution is 2.39. The Bertz CT molecular complexity index is 1520. The van der Waals surface area contributed by atoms with Crippen molar-refractivity contribution in [2.45, 2.75) is 12.5 Å². The monoisotopic (exact) mass is 529 g/mol. The lowest BCUT2D eigenvalue weighted by Crippen LogP contribution is -2.42. The molecule has 1 atom stereocenters. The molecule has 1 aliphatic heterocycles. The predicted octanol–water partition coefficient (Wildman–Crippen LogP) is 5.99. The minimum absolute atomic E-state index is 0.389. The lowest BCUT2D eigenvalue weighted by Gasteiger charge is -2.35. The van der Waals surface area contributed by atoms with Crippen LogP contribution >= 0.6 is 23.2 Å². The topological polar surface area (TPSA) is 91.5 Å². The molecular formula is C25H21Cl2N3O4S. The number of amides is 1. The third-order valence-corrected chi connectivity index (χ3v) is 6.97. The van der Waals surface area contributed by atoms with Crippen LogP contribution in [0.4, 0.5) is 10.5 Å². The van der Waals surface area contributed by atoms with E-state index in [0.717, 1.165) is 34.0 Å². The first kappa shape index (κ1) is 23.5. The summed E-state index contributed by atoms with van der Waals surface area (Å²) >= 11 is 12.2. The molecule has 0 aliphatic carbocycles. The molecule has 180 valence electrons. The molecule has 0 saturated carbocycles. The van der Waals surface area contributed by atoms with Crippen LogP contribution in [0.25, 0.3) is 10.9 Å². The second-order valence-electron chi connectivity index (χ2n) is 8.37. The van der Waals surface area contributed by atoms with Crippen LogP contribution in [0, 0.1) is 0 Å². The van der Waals surface area contributed by atoms with Gasteiger partial charge in [-0.1, -0.05) is 35.3 Å². The van der Waals surface area contributed by atoms with Gasteiger partial charge in [0.05, 0.1) is 6.26 Å². The lowest BCUT2D eigenvalue weighted by molar-refractivity contribution is 0.135. The van der Waals surface area contributed by atoms with Gasteiger partial charge in [0.1, 0.15) is 11.8 Å². The summed E-state index contributed by atoms with van der Waals surface area (Å²) in [6.07, 6.45) is 1.21. The molecule has 1 amide bonds. The SMILES string of the molecule is CS(=O)(=O)Nc1ccc(C2c3[nH]c4ccc(Cl)cc4c3CCN2C(=O)Oc2ccc(Cl)cc2)cc1. The van der Waals surface area contributed by atoms with E-state index in [2.05, 4.69) is 9.71 Å². The van der Waals surface area contributed by atoms with E-state index >= 15 is 0 Å². The number of fused-ring (bicyclic) bond motifs is 3. The van der Waals surface area contributed by atoms with E-state index in [4.69, 9.17) is 27.9 Å². The number of nitrogens with one attached hydrogen (secondary N) is 2. The predicted molar refractivity (Wildman–Crippen MR) is 138 cm³/mol. The van der Waals surface area contributed by atoms with Gasteiger partial charge in [-0.05, 0) is 72.1 Å². The molecule has 35 heavy (non-hydrogen) atoms. The van der Waals surface area contributed by atoms with Crippen LogP contribution in [-0.4, -0.2) is 37.2 Å². The average Bonchev–Trinajstić information content (AvgIpc) is 3.17. The van der Waals surface area contributed by atoms with Gasteiger partial charge in [0.25, 0.3) is 0 Å². The number of anilines is 1. The van der Waals surface area contributed by atoms with Gasteiger partial charge in [-0.25, -0.2) is 13.2 Å². The number of carbonyl (C=O) groups is 1. The van der Waals surface area contributed by atoms with Crippen LogP contribution in [0.3, 0.4) is 0 Å². The van der Waals surface area contributed by atoms with Gasteiger partial charge in [-0.3, -0.25) is 9.62 Å². The fourth-order valence-electron chi connectivity index (χ4n) is 4.41. The zero-order valence-electron chi connectivity index (χ0n) is 18.6. The van der Waals surface area contributed by atoms with Crippen molar-refractivity contribution in [3.05, 3.63) is 93.6 Å². The maximum absolute atomic E-state index is 13.3. The molecule has 1 aromatic heterocycles. The van der Waals surface area contributed by atoms with Crippen LogP contribution in [-0.2, 0) is 16.4 Å². The van der Waals surface area contributed by atoms with Gasteiger partial charge in [0.15, 0.2) is 0 Å². The van der Waals surface area contributed by atoms with Gasteiger partial charge >= 0.3 is 6.09 Å². The third kappa shape index (κ3) is 4.96. The van der Waals surface area contributed by atoms with Gasteiger partial charge in [-0.15, -0.1) is 0 Å². The number of H-pyrrole nitrogens is 1. The van der Waals surface area contributed by atoms with Crippen molar-refractivity contribution in [3.63, 3.8) is 0 Å². The molecule has 7 nitrogen and oxygen atoms in total. The number of halogens is 2. The average molecular weight is 530 g/mol. The molecular weight excluding hydrogens is 509 g/mol. The van der Waals surface area contributed by atoms with E-state index in [0.29, 0.717) is 34.4 Å². The number of aromatic amines is 1. The maximum Gasteiger partial charge on any atom is 0.416 e. The molecule has 1 unspecified atom stereocenters. The molecule has 0 spiro atoms. The summed E-state index contributed by atoms with van der Waals surface area (Å²) in [5, 5.41) is 2.19. The van der Waals surface area contributed by atoms with Gasteiger partial charge < -0.3 is 9.72 Å². The Morgan fingerprint density at radius 2 is 1.71 bits per heavy atom. The first-order valence-electron chi connectivity index (χ1n) is 10.8. The van der Waals surface area contributed by atoms with Gasteiger partial charge in [0.2, 0.25) is 10.0 Å². The Balaban J connectivity index is 1.55. The Morgan fingerprint density at radius 1 is 1.03 bits per heavy atom. The lowest BCUT2D eigenvalue weighted by atomic mass is 9.92. The normalized spacial score (nSPS) is 15.6. The first-order valence-corrected chi connectivity index (χ1v) is 13.4. The Morgan fingerprint density at radius 3 is 2.40 bits per heavy atom. The van der Waals surface area contributed by atoms with Crippen LogP contribution in [0.15, 0.2) is 66.7 Å². The molecule has 2 heterocycles. The van der Waals surface area contributed by atoms with Crippen molar-refractivity contribution in [1.29, 1.82) is 0 Å². The van der Waals surface area contributed by atoms with Crippen molar-refractivity contribution in [1.82, 2.24) is 9.88 Å². The molecule has 0 fully saturated rings. The summed E-state index contributed by atoms with van der Waals surface area (Å²) in [5.74, 6) is 0.389. The second kappa shape index (κ2) is 9.11. The van der Waals surface area contributed by atoms with Gasteiger partial charge in [-0.2, -0.15) is 0 Å². The number of rotatable bonds is 4. The fourth-order valence-corrected chi connectivity index (χ4v) is 5.28. The number of hydrogen-bond donors (Lipinski definition) is 2. The van der Waals surface area contributed by atoms with E-state index in [1.54, 1.807) is 53.4 Å². The zero-order chi connectivity index (χ0) is 24.7. The molecule has 0 saturated heterocycles. The first-order chi connectivity index (χ1) is 16.7. The molecule has 0 radical (unpaired) electrons. The van der Waals surface area contributed by atoms with Crippen molar-refractivity contribution in [3.8, 4) is 5.75 Å². The number of nitrogens with zero attached hydrogens (tertiary/aromatic N) is 1. The molecule has 4 aromatic rings. The Hall–Kier alpha value is -3.20. The van der Waals surface area contributed by atoms with Crippen LogP contribution in [0.5, 0.6) is 5.75 Å². The van der Waals surface area contributed by atoms with E-state index in [9.17, 15) is 13.2 Å². The summed E-state index contributed by atoms with van der Waals surface area (Å²) in [7, 11) is -3.41. The standard InChI is InChI=1S/C25H21Cl2N3O4S/c1-35(32,33)29-18-7-2-15(3-8-18)24-23-20(21-14-17(27)6-11-22(21)28-23)12-13-30(24)25(31)34-19-9-4-16(26)5-10-19/h2-11,14,24,28-29H,12-13H2,1H3. The molecule has 2 N–H and O–H groups in total. The highest BCUT2D eigenvalue weighted by molar-refractivity contribution is 7.92. The smallest absolute Gasteiger partial charge is 0.410 e. The largest absolute Gasteiger partial charge is 0.416 e. The van der Waals surface area contributed by atoms with E-state index < -0.39 is 22.2 Å². The van der Waals surface area contributed by atoms with Crippen molar-refractivity contribution in [2.24, 2.45) is 0 Å². The number of benzene rings is 3. The second-order valence-corrected chi connectivity index (χ2v) is 11.0. The zero-order valence-corrected chi connectivity index (χ0v) is 20.9. The Kier molecular flexibility index (Phi) is 6.13. The summed E-state index contributed by atoms with van der Waals surface area (Å²) in [6, 6.07) is 18.7. The quantitative estimate of drug-likeness (QED) is 0.339. The molecule has 10 heteroatoms. The van der Waals surface area contributed by atoms with Crippen LogP contribution < -0.4 is 9.46 Å². The number of hydrogen-bond acceptors (Lipinski definition) is 4. The summed E-state index contributed by atoms with van der Waals surface area (Å²) < 4.78 is 31.3. The van der Waals surface area contributed by atoms with E-state index in [1.807, 2.05) is 18.2 Å². The number of carbonyl (C=O) groups excluding carboxylic acids is 1. The van der Waals surface area contributed by atoms with Crippen molar-refractivity contribution in [2.75, 3.05) is 17.5 Å². The highest BCUT2D eigenvalue weighted by atomic mass is 35.5. The van der Waals surface area contributed by atoms with Crippen LogP contribution in [0.2, 0.25) is 10.0 Å². The maximum atomic E-state index is 13.3. The number of sulfonamides is 1. The molecule has 5 rings (SSSR count). The van der Waals surface area contributed by atoms with Gasteiger partial charge in [0, 0.05) is 38.9 Å².